The van der Waals surface area contributed by atoms with Crippen LogP contribution < -0.4 is 21.3 Å². The van der Waals surface area contributed by atoms with Gasteiger partial charge >= 0.3 is 48.0 Å². The Morgan fingerprint density at radius 2 is 1.02 bits per heavy atom. The fraction of sp³-hybridized carbons (Fsp3) is 0.424. The third-order valence-electron chi connectivity index (χ3n) is 15.0. The Bertz CT molecular complexity index is 3190. The molecule has 2 unspecified atom stereocenters. The van der Waals surface area contributed by atoms with Crippen LogP contribution in [0, 0.1) is 23.3 Å². The molecule has 460 valence electrons. The largest absolute Gasteiger partial charge is 0.477 e. The number of hydrogen-bond acceptors (Lipinski definition) is 15. The summed E-state index contributed by atoms with van der Waals surface area (Å²) in [5.41, 5.74) is -0.565. The number of carbonyl (C=O) groups excluding carboxylic acids is 7. The molecular weight excluding hydrogens is 1140 g/mol. The molecule has 2 aromatic heterocycles. The van der Waals surface area contributed by atoms with Crippen LogP contribution in [-0.4, -0.2) is 164 Å². The average molecular weight is 1220 g/mol. The summed E-state index contributed by atoms with van der Waals surface area (Å²) in [4.78, 5) is 118. The number of nitrogens with one attached hydrogen (secondary N) is 4. The molecule has 8 amide bonds. The summed E-state index contributed by atoms with van der Waals surface area (Å²) in [6.45, 7) is 11.5. The molecule has 4 aliphatic rings. The van der Waals surface area contributed by atoms with Crippen LogP contribution in [0.4, 0.5) is 36.7 Å². The molecule has 4 aliphatic heterocycles. The van der Waals surface area contributed by atoms with Crippen LogP contribution in [0.1, 0.15) is 85.0 Å². The first-order valence-corrected chi connectivity index (χ1v) is 31.8. The zero-order chi connectivity index (χ0) is 62.2. The van der Waals surface area contributed by atoms with Gasteiger partial charge in [-0.15, -0.1) is 0 Å². The lowest BCUT2D eigenvalue weighted by Gasteiger charge is -2.36. The molecule has 6 heterocycles. The molecule has 2 fully saturated rings. The number of benzene rings is 2. The second-order valence-electron chi connectivity index (χ2n) is 22.0. The maximum atomic E-state index is 14.4. The van der Waals surface area contributed by atoms with Gasteiger partial charge in [0, 0.05) is 56.8 Å². The van der Waals surface area contributed by atoms with E-state index < -0.39 is 114 Å². The molecule has 2 aromatic carbocycles. The van der Waals surface area contributed by atoms with E-state index in [1.807, 2.05) is 41.7 Å². The molecule has 22 nitrogen and oxygen atoms in total. The van der Waals surface area contributed by atoms with Crippen LogP contribution in [-0.2, 0) is 33.4 Å². The number of rotatable bonds is 19. The summed E-state index contributed by atoms with van der Waals surface area (Å²) in [6, 6.07) is 10.3. The Morgan fingerprint density at radius 3 is 1.40 bits per heavy atom. The Hall–Kier alpha value is -8.56. The van der Waals surface area contributed by atoms with Gasteiger partial charge in [-0.25, -0.2) is 65.7 Å². The minimum Gasteiger partial charge on any atom is -0.477 e. The minimum absolute atomic E-state index is 0.0449. The van der Waals surface area contributed by atoms with Crippen molar-refractivity contribution in [1.29, 1.82) is 0 Å². The van der Waals surface area contributed by atoms with E-state index in [0.717, 1.165) is 108 Å². The lowest BCUT2D eigenvalue weighted by Crippen LogP contribution is -2.56. The molecule has 0 bridgehead atoms. The lowest BCUT2D eigenvalue weighted by molar-refractivity contribution is -0.141. The number of aromatic nitrogens is 2. The second kappa shape index (κ2) is 30.0. The highest BCUT2D eigenvalue weighted by Crippen LogP contribution is 2.38. The van der Waals surface area contributed by atoms with E-state index in [4.69, 9.17) is 14.2 Å². The van der Waals surface area contributed by atoms with Gasteiger partial charge in [0.1, 0.15) is 23.5 Å². The first kappa shape index (κ1) is 65.0. The maximum Gasteiger partial charge on any atom is 0.355 e. The molecule has 0 radical (unpaired) electrons. The SMILES string of the molecule is COC(=O)C1=C(C(=O)O)NC(=O)N(C(=O)NCCCN2CCC(c3ccccn3)CC2)C1c1ccc(F)c(F)c1.COC(=O)C1=C(C(=O)OCC[Si](C)(C)C)NC(=O)N(C(=O)NCCCN2CCC(c3ccccn3)CC2)C1c1ccc(F)c(F)c1. The number of carbonyl (C=O) groups is 8. The molecule has 2 atom stereocenters. The molecule has 86 heavy (non-hydrogen) atoms. The van der Waals surface area contributed by atoms with Gasteiger partial charge in [-0.1, -0.05) is 43.9 Å². The Labute approximate surface area is 495 Å². The molecular formula is C59H70F4N10O12Si. The van der Waals surface area contributed by atoms with Gasteiger partial charge < -0.3 is 50.4 Å². The quantitative estimate of drug-likeness (QED) is 0.0198. The first-order valence-electron chi connectivity index (χ1n) is 28.1. The Kier molecular flexibility index (Phi) is 22.7. The van der Waals surface area contributed by atoms with Crippen LogP contribution in [0.3, 0.4) is 0 Å². The standard InChI is InChI=1S/C32H41F2N5O6Si.C27H29F2N5O6/c1-44-29(40)26-27(30(41)45-18-19-46(2,3)4)37-32(43)39(28(26)22-9-10-23(33)24(34)20-22)31(42)36-14-7-15-38-16-11-21(12-17-38)25-8-5-6-13-35-25;1-40-25(37)21-22(24(35)36)32-27(39)34(23(21)17-6-7-18(28)19(29)15-17)26(38)31-11-4-12-33-13-8-16(9-14-33)20-5-2-3-10-30-20/h5-6,8-10,13,20-21,28H,7,11-12,14-19H2,1-4H3,(H,36,42)(H,37,43);2-3,5-7,10,15-16,23H,4,8-9,11-14H2,1H3,(H,31,38)(H,32,39)(H,35,36). The van der Waals surface area contributed by atoms with Crippen LogP contribution in [0.5, 0.6) is 0 Å². The zero-order valence-electron chi connectivity index (χ0n) is 48.3. The summed E-state index contributed by atoms with van der Waals surface area (Å²) >= 11 is 0. The highest BCUT2D eigenvalue weighted by Gasteiger charge is 2.47. The van der Waals surface area contributed by atoms with Crippen molar-refractivity contribution >= 4 is 56.1 Å². The van der Waals surface area contributed by atoms with Crippen molar-refractivity contribution in [2.75, 3.05) is 73.2 Å². The van der Waals surface area contributed by atoms with Crippen molar-refractivity contribution in [3.63, 3.8) is 0 Å². The van der Waals surface area contributed by atoms with E-state index in [0.29, 0.717) is 59.7 Å². The number of ether oxygens (including phenoxy) is 3. The number of pyridine rings is 2. The third-order valence-corrected chi connectivity index (χ3v) is 16.7. The van der Waals surface area contributed by atoms with E-state index in [-0.39, 0.29) is 30.8 Å². The van der Waals surface area contributed by atoms with Crippen LogP contribution in [0.25, 0.3) is 0 Å². The average Bonchev–Trinajstić information content (AvgIpc) is 0.905. The number of esters is 3. The summed E-state index contributed by atoms with van der Waals surface area (Å²) in [7, 11) is 0.447. The number of methoxy groups -OCH3 is 2. The smallest absolute Gasteiger partial charge is 0.355 e. The number of amides is 8. The molecule has 0 spiro atoms. The number of imide groups is 2. The van der Waals surface area contributed by atoms with E-state index in [1.54, 1.807) is 12.4 Å². The number of carboxylic acids is 1. The fourth-order valence-corrected chi connectivity index (χ4v) is 11.2. The number of urea groups is 4. The normalized spacial score (nSPS) is 18.1. The topological polar surface area (TPSA) is 271 Å². The van der Waals surface area contributed by atoms with Crippen molar-refractivity contribution in [2.24, 2.45) is 0 Å². The minimum atomic E-state index is -1.69. The highest BCUT2D eigenvalue weighted by molar-refractivity contribution is 6.76. The number of aliphatic carboxylic acids is 1. The van der Waals surface area contributed by atoms with E-state index in [2.05, 4.69) is 55.4 Å². The molecule has 5 N–H and O–H groups in total. The van der Waals surface area contributed by atoms with Gasteiger partial charge in [0.2, 0.25) is 0 Å². The molecule has 27 heteroatoms. The zero-order valence-corrected chi connectivity index (χ0v) is 49.3. The maximum absolute atomic E-state index is 14.4. The second-order valence-corrected chi connectivity index (χ2v) is 27.6. The van der Waals surface area contributed by atoms with Crippen LogP contribution in [0.15, 0.2) is 108 Å². The number of carboxylic acid groups (broad SMARTS) is 1. The number of halogens is 4. The summed E-state index contributed by atoms with van der Waals surface area (Å²) in [5, 5.41) is 19.2. The van der Waals surface area contributed by atoms with Crippen LogP contribution >= 0.6 is 0 Å². The van der Waals surface area contributed by atoms with Gasteiger partial charge in [-0.05, 0) is 143 Å². The van der Waals surface area contributed by atoms with Crippen molar-refractivity contribution in [3.8, 4) is 0 Å². The summed E-state index contributed by atoms with van der Waals surface area (Å²) in [5.74, 6) is -9.04. The fourth-order valence-electron chi connectivity index (χ4n) is 10.5. The van der Waals surface area contributed by atoms with Crippen molar-refractivity contribution < 1.29 is 75.2 Å². The Balaban J connectivity index is 0.000000248. The molecule has 0 saturated carbocycles. The van der Waals surface area contributed by atoms with Gasteiger partial charge in [-0.3, -0.25) is 9.97 Å². The van der Waals surface area contributed by atoms with Gasteiger partial charge in [0.05, 0.1) is 32.0 Å². The van der Waals surface area contributed by atoms with Gasteiger partial charge in [0.25, 0.3) is 0 Å². The van der Waals surface area contributed by atoms with E-state index in [9.17, 15) is 61.0 Å². The number of likely N-dealkylation sites (tertiary alicyclic amines) is 2. The van der Waals surface area contributed by atoms with Crippen molar-refractivity contribution in [2.45, 2.75) is 88.1 Å². The number of hydrogen-bond donors (Lipinski definition) is 5. The third kappa shape index (κ3) is 16.7. The van der Waals surface area contributed by atoms with Crippen LogP contribution in [0.2, 0.25) is 25.7 Å². The molecule has 2 saturated heterocycles. The predicted octanol–water partition coefficient (Wildman–Crippen LogP) is 7.63. The van der Waals surface area contributed by atoms with Crippen molar-refractivity contribution in [3.05, 3.63) is 154 Å². The van der Waals surface area contributed by atoms with E-state index >= 15 is 0 Å². The monoisotopic (exact) mass is 1210 g/mol. The van der Waals surface area contributed by atoms with Crippen molar-refractivity contribution in [1.82, 2.24) is 50.8 Å². The number of nitrogens with zero attached hydrogens (tertiary/aromatic N) is 6. The first-order chi connectivity index (χ1) is 41.1. The predicted molar refractivity (Wildman–Crippen MR) is 305 cm³/mol. The summed E-state index contributed by atoms with van der Waals surface area (Å²) < 4.78 is 71.1. The number of piperidine rings is 2. The highest BCUT2D eigenvalue weighted by atomic mass is 28.3. The van der Waals surface area contributed by atoms with Gasteiger partial charge in [0.15, 0.2) is 23.3 Å². The molecule has 0 aliphatic carbocycles. The molecule has 4 aromatic rings. The lowest BCUT2D eigenvalue weighted by atomic mass is 9.93. The summed E-state index contributed by atoms with van der Waals surface area (Å²) in [6.07, 6.45) is 8.57. The van der Waals surface area contributed by atoms with Gasteiger partial charge in [-0.2, -0.15) is 0 Å². The van der Waals surface area contributed by atoms with E-state index in [1.165, 1.54) is 0 Å². The molecule has 8 rings (SSSR count). The Morgan fingerprint density at radius 1 is 0.605 bits per heavy atom.